The largest absolute Gasteiger partial charge is 0.461 e. The fourth-order valence-electron chi connectivity index (χ4n) is 3.52. The number of aromatic nitrogens is 2. The van der Waals surface area contributed by atoms with Gasteiger partial charge in [-0.25, -0.2) is 4.98 Å². The Morgan fingerprint density at radius 2 is 1.87 bits per heavy atom. The first-order chi connectivity index (χ1) is 14.4. The number of hydrogen-bond acceptors (Lipinski definition) is 4. The fourth-order valence-corrected chi connectivity index (χ4v) is 4.40. The quantitative estimate of drug-likeness (QED) is 0.358. The number of anilines is 1. The number of alkyl halides is 4. The summed E-state index contributed by atoms with van der Waals surface area (Å²) < 4.78 is 55.1. The van der Waals surface area contributed by atoms with Gasteiger partial charge >= 0.3 is 12.5 Å². The molecule has 3 aromatic rings. The van der Waals surface area contributed by atoms with Crippen LogP contribution in [-0.4, -0.2) is 35.6 Å². The van der Waals surface area contributed by atoms with Gasteiger partial charge in [-0.3, -0.25) is 0 Å². The van der Waals surface area contributed by atoms with Crippen molar-refractivity contribution < 1.29 is 22.3 Å². The van der Waals surface area contributed by atoms with E-state index >= 15 is 0 Å². The number of H-pyrrole nitrogens is 1. The molecule has 4 rings (SSSR count). The summed E-state index contributed by atoms with van der Waals surface area (Å²) in [5.74, 6) is 0.350. The molecule has 0 amide bonds. The second-order valence-corrected chi connectivity index (χ2v) is 8.11. The number of imidazole rings is 1. The number of nitrogens with one attached hydrogen (secondary N) is 1. The number of aromatic amines is 1. The zero-order valence-corrected chi connectivity index (χ0v) is 16.9. The Balaban J connectivity index is 1.47. The summed E-state index contributed by atoms with van der Waals surface area (Å²) >= 11 is 1.50. The third-order valence-corrected chi connectivity index (χ3v) is 5.91. The van der Waals surface area contributed by atoms with Crippen LogP contribution in [0.2, 0.25) is 0 Å². The number of ether oxygens (including phenoxy) is 1. The minimum Gasteiger partial charge on any atom is -0.428 e. The zero-order chi connectivity index (χ0) is 21.1. The summed E-state index contributed by atoms with van der Waals surface area (Å²) in [4.78, 5) is 9.90. The highest BCUT2D eigenvalue weighted by atomic mass is 32.2. The van der Waals surface area contributed by atoms with E-state index in [2.05, 4.69) is 31.7 Å². The average molecular weight is 439 g/mol. The summed E-state index contributed by atoms with van der Waals surface area (Å²) in [6.45, 7) is 2.11. The highest BCUT2D eigenvalue weighted by molar-refractivity contribution is 7.98. The first-order valence-electron chi connectivity index (χ1n) is 9.73. The van der Waals surface area contributed by atoms with Crippen molar-refractivity contribution in [1.82, 2.24) is 9.97 Å². The van der Waals surface area contributed by atoms with Crippen LogP contribution in [-0.2, 0) is 5.75 Å². The Labute approximate surface area is 175 Å². The molecule has 4 nitrogen and oxygen atoms in total. The lowest BCUT2D eigenvalue weighted by Gasteiger charge is -2.30. The smallest absolute Gasteiger partial charge is 0.428 e. The van der Waals surface area contributed by atoms with E-state index in [1.165, 1.54) is 60.5 Å². The predicted molar refractivity (Wildman–Crippen MR) is 110 cm³/mol. The Morgan fingerprint density at radius 1 is 1.10 bits per heavy atom. The van der Waals surface area contributed by atoms with Crippen LogP contribution >= 0.6 is 11.8 Å². The molecule has 0 unspecified atom stereocenters. The van der Waals surface area contributed by atoms with Gasteiger partial charge in [0.2, 0.25) is 0 Å². The maximum absolute atomic E-state index is 13.1. The predicted octanol–water partition coefficient (Wildman–Crippen LogP) is 6.08. The number of halogens is 4. The van der Waals surface area contributed by atoms with Crippen molar-refractivity contribution in [2.45, 2.75) is 42.7 Å². The average Bonchev–Trinajstić information content (AvgIpc) is 3.15. The molecule has 2 heterocycles. The normalized spacial score (nSPS) is 15.2. The van der Waals surface area contributed by atoms with Crippen molar-refractivity contribution in [1.29, 1.82) is 0 Å². The zero-order valence-electron chi connectivity index (χ0n) is 16.1. The van der Waals surface area contributed by atoms with E-state index in [-0.39, 0.29) is 5.75 Å². The van der Waals surface area contributed by atoms with Gasteiger partial charge in [-0.2, -0.15) is 17.6 Å². The number of fused-ring (bicyclic) bond motifs is 1. The molecule has 0 saturated carbocycles. The molecule has 0 spiro atoms. The van der Waals surface area contributed by atoms with Gasteiger partial charge < -0.3 is 14.6 Å². The molecule has 0 bridgehead atoms. The summed E-state index contributed by atoms with van der Waals surface area (Å²) in [7, 11) is 0. The Kier molecular flexibility index (Phi) is 6.08. The van der Waals surface area contributed by atoms with Crippen LogP contribution in [0.25, 0.3) is 11.0 Å². The van der Waals surface area contributed by atoms with Gasteiger partial charge in [0.05, 0.1) is 11.0 Å². The molecular formula is C21H21F4N3OS. The van der Waals surface area contributed by atoms with Crippen molar-refractivity contribution in [3.05, 3.63) is 48.0 Å². The van der Waals surface area contributed by atoms with Gasteiger partial charge in [0.1, 0.15) is 5.75 Å². The van der Waals surface area contributed by atoms with E-state index in [1.807, 2.05) is 12.1 Å². The van der Waals surface area contributed by atoms with E-state index in [1.54, 1.807) is 0 Å². The number of para-hydroxylation sites is 1. The molecule has 0 aliphatic carbocycles. The van der Waals surface area contributed by atoms with Crippen molar-refractivity contribution in [3.63, 3.8) is 0 Å². The molecule has 1 aliphatic rings. The lowest BCUT2D eigenvalue weighted by atomic mass is 10.1. The van der Waals surface area contributed by atoms with Crippen molar-refractivity contribution in [2.24, 2.45) is 0 Å². The van der Waals surface area contributed by atoms with Crippen LogP contribution in [0, 0.1) is 0 Å². The molecule has 2 aromatic carbocycles. The van der Waals surface area contributed by atoms with Gasteiger partial charge in [0.15, 0.2) is 5.16 Å². The van der Waals surface area contributed by atoms with E-state index in [9.17, 15) is 17.6 Å². The Hall–Kier alpha value is -2.42. The van der Waals surface area contributed by atoms with Crippen LogP contribution in [0.15, 0.2) is 47.6 Å². The Morgan fingerprint density at radius 3 is 2.63 bits per heavy atom. The van der Waals surface area contributed by atoms with Crippen LogP contribution in [0.1, 0.15) is 24.8 Å². The lowest BCUT2D eigenvalue weighted by Crippen LogP contribution is -2.33. The van der Waals surface area contributed by atoms with Crippen molar-refractivity contribution in [3.8, 4) is 5.75 Å². The maximum atomic E-state index is 13.1. The van der Waals surface area contributed by atoms with E-state index < -0.39 is 12.5 Å². The second kappa shape index (κ2) is 8.75. The summed E-state index contributed by atoms with van der Waals surface area (Å²) in [5, 5.41) is 0.621. The number of benzene rings is 2. The molecule has 160 valence electrons. The number of thioether (sulfide) groups is 1. The molecule has 0 radical (unpaired) electrons. The van der Waals surface area contributed by atoms with Gasteiger partial charge in [-0.15, -0.1) is 0 Å². The number of nitrogens with zero attached hydrogens (tertiary/aromatic N) is 2. The van der Waals surface area contributed by atoms with Gasteiger partial charge in [-0.1, -0.05) is 30.0 Å². The van der Waals surface area contributed by atoms with Gasteiger partial charge in [0.25, 0.3) is 0 Å². The molecule has 1 aliphatic heterocycles. The standard InChI is InChI=1S/C21H21F4N3OS/c22-19(23)21(24,25)29-15-8-9-16-17(12-15)27-20(26-16)30-13-14-6-2-3-7-18(14)28-10-4-1-5-11-28/h2-3,6-9,12,19H,1,4-5,10-11,13H2,(H,26,27). The molecular weight excluding hydrogens is 418 g/mol. The number of piperidine rings is 1. The lowest BCUT2D eigenvalue weighted by molar-refractivity contribution is -0.253. The van der Waals surface area contributed by atoms with E-state index in [0.717, 1.165) is 13.1 Å². The minimum atomic E-state index is -4.54. The summed E-state index contributed by atoms with van der Waals surface area (Å²) in [6.07, 6.45) is -4.79. The van der Waals surface area contributed by atoms with Crippen molar-refractivity contribution >= 4 is 28.5 Å². The first-order valence-corrected chi connectivity index (χ1v) is 10.7. The van der Waals surface area contributed by atoms with Crippen LogP contribution in [0.4, 0.5) is 23.2 Å². The molecule has 1 aromatic heterocycles. The summed E-state index contributed by atoms with van der Waals surface area (Å²) in [5.41, 5.74) is 3.43. The molecule has 1 saturated heterocycles. The third kappa shape index (κ3) is 4.66. The highest BCUT2D eigenvalue weighted by Gasteiger charge is 2.44. The number of rotatable bonds is 7. The van der Waals surface area contributed by atoms with Crippen LogP contribution in [0.5, 0.6) is 5.75 Å². The molecule has 0 atom stereocenters. The van der Waals surface area contributed by atoms with Crippen molar-refractivity contribution in [2.75, 3.05) is 18.0 Å². The fraction of sp³-hybridized carbons (Fsp3) is 0.381. The highest BCUT2D eigenvalue weighted by Crippen LogP contribution is 2.32. The second-order valence-electron chi connectivity index (χ2n) is 7.15. The minimum absolute atomic E-state index is 0.344. The first kappa shape index (κ1) is 20.8. The van der Waals surface area contributed by atoms with E-state index in [0.29, 0.717) is 21.9 Å². The van der Waals surface area contributed by atoms with Gasteiger partial charge in [-0.05, 0) is 43.0 Å². The molecule has 9 heteroatoms. The van der Waals surface area contributed by atoms with Gasteiger partial charge in [0, 0.05) is 30.6 Å². The monoisotopic (exact) mass is 439 g/mol. The van der Waals surface area contributed by atoms with Crippen LogP contribution in [0.3, 0.4) is 0 Å². The molecule has 30 heavy (non-hydrogen) atoms. The number of hydrogen-bond donors (Lipinski definition) is 1. The molecule has 1 N–H and O–H groups in total. The Bertz CT molecular complexity index is 1000. The SMILES string of the molecule is FC(F)C(F)(F)Oc1ccc2nc(SCc3ccccc3N3CCCCC3)[nH]c2c1. The summed E-state index contributed by atoms with van der Waals surface area (Å²) in [6, 6.07) is 12.2. The molecule has 1 fully saturated rings. The van der Waals surface area contributed by atoms with Crippen LogP contribution < -0.4 is 9.64 Å². The maximum Gasteiger partial charge on any atom is 0.461 e. The van der Waals surface area contributed by atoms with E-state index in [4.69, 9.17) is 0 Å². The topological polar surface area (TPSA) is 41.1 Å². The third-order valence-electron chi connectivity index (χ3n) is 4.99.